The van der Waals surface area contributed by atoms with E-state index < -0.39 is 5.72 Å². The van der Waals surface area contributed by atoms with Crippen LogP contribution in [0.2, 0.25) is 0 Å². The van der Waals surface area contributed by atoms with E-state index in [1.54, 1.807) is 5.06 Å². The Morgan fingerprint density at radius 3 is 2.33 bits per heavy atom. The molecule has 1 aliphatic heterocycles. The zero-order valence-corrected chi connectivity index (χ0v) is 18.5. The fourth-order valence-electron chi connectivity index (χ4n) is 4.65. The first kappa shape index (κ1) is 22.3. The van der Waals surface area contributed by atoms with Crippen LogP contribution >= 0.6 is 0 Å². The first-order valence-corrected chi connectivity index (χ1v) is 11.0. The van der Waals surface area contributed by atoms with Gasteiger partial charge < -0.3 is 10.8 Å². The molecule has 3 N–H and O–H groups in total. The lowest BCUT2D eigenvalue weighted by atomic mass is 9.77. The fraction of sp³-hybridized carbons (Fsp3) is 0.480. The number of rotatable bonds is 5. The van der Waals surface area contributed by atoms with Gasteiger partial charge in [-0.05, 0) is 49.3 Å². The third-order valence-corrected chi connectivity index (χ3v) is 6.27. The Morgan fingerprint density at radius 1 is 1.03 bits per heavy atom. The van der Waals surface area contributed by atoms with Crippen LogP contribution in [-0.2, 0) is 23.4 Å². The van der Waals surface area contributed by atoms with Gasteiger partial charge in [-0.3, -0.25) is 0 Å². The molecule has 1 atom stereocenters. The number of hydrogen-bond acceptors (Lipinski definition) is 5. The molecule has 0 bridgehead atoms. The van der Waals surface area contributed by atoms with Crippen LogP contribution in [0.1, 0.15) is 54.4 Å². The second-order valence-electron chi connectivity index (χ2n) is 8.23. The van der Waals surface area contributed by atoms with Crippen molar-refractivity contribution in [2.24, 2.45) is 16.6 Å². The summed E-state index contributed by atoms with van der Waals surface area (Å²) in [6.45, 7) is 2.16. The highest BCUT2D eigenvalue weighted by Crippen LogP contribution is 2.47. The third kappa shape index (κ3) is 4.68. The molecule has 2 aliphatic rings. The molecule has 162 valence electrons. The predicted molar refractivity (Wildman–Crippen MR) is 122 cm³/mol. The number of aliphatic imine (C=N–C) groups is 1. The Hall–Kier alpha value is -2.37. The third-order valence-electron chi connectivity index (χ3n) is 6.27. The van der Waals surface area contributed by atoms with Crippen LogP contribution in [0.15, 0.2) is 53.5 Å². The van der Waals surface area contributed by atoms with E-state index in [1.807, 2.05) is 7.05 Å². The lowest BCUT2D eigenvalue weighted by molar-refractivity contribution is -0.202. The highest BCUT2D eigenvalue weighted by molar-refractivity contribution is 5.78. The maximum atomic E-state index is 7.00. The van der Waals surface area contributed by atoms with Crippen LogP contribution in [0.3, 0.4) is 0 Å². The van der Waals surface area contributed by atoms with E-state index in [0.29, 0.717) is 11.9 Å². The van der Waals surface area contributed by atoms with Gasteiger partial charge in [-0.25, -0.2) is 14.9 Å². The molecule has 1 aliphatic carbocycles. The molecule has 0 amide bonds. The van der Waals surface area contributed by atoms with Gasteiger partial charge in [0.05, 0.1) is 0 Å². The van der Waals surface area contributed by atoms with Gasteiger partial charge in [-0.15, -0.1) is 0 Å². The summed E-state index contributed by atoms with van der Waals surface area (Å²) in [6.07, 6.45) is 8.09. The van der Waals surface area contributed by atoms with Crippen molar-refractivity contribution in [3.05, 3.63) is 70.8 Å². The highest BCUT2D eigenvalue weighted by Gasteiger charge is 2.48. The standard InChI is InChI=1S/C24H31N3O.CH4O/c1-18-13-14-20(16-15-19-9-5-3-6-10-19)17-22(18)24(21-11-7-4-8-12-21)26-23(25)27(2)28-24;1-2/h3,5-6,9-10,13-14,17,21H,4,7-8,11-12,15-16H2,1-2H3,(H2,25,26);2H,1H3. The SMILES string of the molecule is CO.Cc1ccc(CCc2ccccc2)cc1C1(C2CCCCC2)N=C(N)N(C)O1. The summed E-state index contributed by atoms with van der Waals surface area (Å²) in [7, 11) is 2.86. The predicted octanol–water partition coefficient (Wildman–Crippen LogP) is 4.31. The van der Waals surface area contributed by atoms with E-state index in [9.17, 15) is 0 Å². The van der Waals surface area contributed by atoms with E-state index in [4.69, 9.17) is 20.7 Å². The minimum Gasteiger partial charge on any atom is -0.400 e. The van der Waals surface area contributed by atoms with Crippen molar-refractivity contribution in [1.82, 2.24) is 5.06 Å². The van der Waals surface area contributed by atoms with Crippen LogP contribution in [0.4, 0.5) is 0 Å². The lowest BCUT2D eigenvalue weighted by Gasteiger charge is -2.37. The normalized spacial score (nSPS) is 21.7. The largest absolute Gasteiger partial charge is 0.400 e. The molecule has 0 saturated heterocycles. The number of aryl methyl sites for hydroxylation is 3. The Kier molecular flexibility index (Phi) is 7.51. The first-order chi connectivity index (χ1) is 14.6. The Labute approximate surface area is 180 Å². The molecular formula is C25H35N3O2. The van der Waals surface area contributed by atoms with Gasteiger partial charge in [-0.2, -0.15) is 0 Å². The topological polar surface area (TPSA) is 71.1 Å². The second kappa shape index (κ2) is 10.1. The molecule has 1 fully saturated rings. The number of nitrogens with two attached hydrogens (primary N) is 1. The van der Waals surface area contributed by atoms with Crippen LogP contribution in [0.5, 0.6) is 0 Å². The molecule has 0 spiro atoms. The first-order valence-electron chi connectivity index (χ1n) is 11.0. The van der Waals surface area contributed by atoms with Gasteiger partial charge in [0.25, 0.3) is 0 Å². The van der Waals surface area contributed by atoms with Gasteiger partial charge in [0.2, 0.25) is 11.7 Å². The van der Waals surface area contributed by atoms with Crippen molar-refractivity contribution in [3.8, 4) is 0 Å². The van der Waals surface area contributed by atoms with Crippen molar-refractivity contribution in [3.63, 3.8) is 0 Å². The monoisotopic (exact) mass is 409 g/mol. The van der Waals surface area contributed by atoms with E-state index in [1.165, 1.54) is 41.5 Å². The maximum absolute atomic E-state index is 7.00. The van der Waals surface area contributed by atoms with Gasteiger partial charge in [0, 0.05) is 25.6 Å². The molecule has 0 aromatic heterocycles. The molecule has 1 heterocycles. The minimum atomic E-state index is -0.675. The van der Waals surface area contributed by atoms with Crippen molar-refractivity contribution in [2.45, 2.75) is 57.6 Å². The van der Waals surface area contributed by atoms with Crippen molar-refractivity contribution in [1.29, 1.82) is 0 Å². The van der Waals surface area contributed by atoms with Crippen molar-refractivity contribution < 1.29 is 9.94 Å². The Balaban J connectivity index is 0.00000124. The minimum absolute atomic E-state index is 0.368. The molecule has 2 aromatic rings. The molecular weight excluding hydrogens is 374 g/mol. The van der Waals surface area contributed by atoms with Crippen LogP contribution < -0.4 is 5.73 Å². The molecule has 5 nitrogen and oxygen atoms in total. The summed E-state index contributed by atoms with van der Waals surface area (Å²) in [5.41, 5.74) is 10.6. The van der Waals surface area contributed by atoms with Gasteiger partial charge in [-0.1, -0.05) is 67.8 Å². The second-order valence-corrected chi connectivity index (χ2v) is 8.23. The summed E-state index contributed by atoms with van der Waals surface area (Å²) < 4.78 is 0. The Bertz CT molecular complexity index is 847. The van der Waals surface area contributed by atoms with E-state index in [2.05, 4.69) is 55.5 Å². The summed E-state index contributed by atoms with van der Waals surface area (Å²) in [6, 6.07) is 17.4. The van der Waals surface area contributed by atoms with Gasteiger partial charge in [0.15, 0.2) is 0 Å². The zero-order valence-electron chi connectivity index (χ0n) is 18.5. The number of benzene rings is 2. The summed E-state index contributed by atoms with van der Waals surface area (Å²) in [4.78, 5) is 11.3. The fourth-order valence-corrected chi connectivity index (χ4v) is 4.65. The summed E-state index contributed by atoms with van der Waals surface area (Å²) in [5.74, 6) is 0.840. The number of aliphatic hydroxyl groups excluding tert-OH is 1. The van der Waals surface area contributed by atoms with Crippen LogP contribution in [0.25, 0.3) is 0 Å². The average Bonchev–Trinajstić information content (AvgIpc) is 3.11. The molecule has 1 unspecified atom stereocenters. The maximum Gasteiger partial charge on any atom is 0.218 e. The molecule has 30 heavy (non-hydrogen) atoms. The van der Waals surface area contributed by atoms with Gasteiger partial charge in [0.1, 0.15) is 0 Å². The molecule has 5 heteroatoms. The molecule has 0 radical (unpaired) electrons. The van der Waals surface area contributed by atoms with Crippen molar-refractivity contribution in [2.75, 3.05) is 14.2 Å². The molecule has 2 aromatic carbocycles. The zero-order chi connectivity index (χ0) is 21.6. The number of nitrogens with zero attached hydrogens (tertiary/aromatic N) is 2. The number of hydrogen-bond donors (Lipinski definition) is 2. The quantitative estimate of drug-likeness (QED) is 0.772. The summed E-state index contributed by atoms with van der Waals surface area (Å²) in [5, 5.41) is 8.64. The number of hydroxylamine groups is 2. The highest BCUT2D eigenvalue weighted by atomic mass is 16.7. The van der Waals surface area contributed by atoms with E-state index in [-0.39, 0.29) is 0 Å². The smallest absolute Gasteiger partial charge is 0.218 e. The number of aliphatic hydroxyl groups is 1. The molecule has 4 rings (SSSR count). The molecule has 1 saturated carbocycles. The lowest BCUT2D eigenvalue weighted by Crippen LogP contribution is -2.38. The van der Waals surface area contributed by atoms with Crippen molar-refractivity contribution >= 4 is 5.96 Å². The van der Waals surface area contributed by atoms with Crippen LogP contribution in [-0.4, -0.2) is 30.3 Å². The van der Waals surface area contributed by atoms with Gasteiger partial charge >= 0.3 is 0 Å². The van der Waals surface area contributed by atoms with E-state index in [0.717, 1.165) is 32.8 Å². The van der Waals surface area contributed by atoms with E-state index >= 15 is 0 Å². The van der Waals surface area contributed by atoms with Crippen LogP contribution in [0, 0.1) is 12.8 Å². The summed E-state index contributed by atoms with van der Waals surface area (Å²) >= 11 is 0. The Morgan fingerprint density at radius 2 is 1.70 bits per heavy atom. The average molecular weight is 410 g/mol. The number of guanidine groups is 1.